The van der Waals surface area contributed by atoms with E-state index in [-0.39, 0.29) is 37.4 Å². The number of carbonyl (C=O) groups is 3. The van der Waals surface area contributed by atoms with Crippen molar-refractivity contribution in [1.82, 2.24) is 10.6 Å². The van der Waals surface area contributed by atoms with E-state index in [1.54, 1.807) is 0 Å². The molecule has 1 aliphatic rings. The standard InChI is InChI=1S/C26H30N2O5/c1-2-3-9-18(16-24(29)27-15-8-14-25(30)31)28-26(32)33-17-23-21-12-6-4-10-19(21)20-11-5-7-13-22(20)23/h4-8,10-14,18,23H,2-3,9,15-17H2,1H3,(H,27,29)(H,28,32)(H,30,31)/b14-8+/t18-/m0/s1. The third kappa shape index (κ3) is 6.68. The number of amides is 2. The lowest BCUT2D eigenvalue weighted by Crippen LogP contribution is -2.40. The zero-order chi connectivity index (χ0) is 23.6. The van der Waals surface area contributed by atoms with Crippen molar-refractivity contribution in [2.45, 2.75) is 44.6 Å². The van der Waals surface area contributed by atoms with Crippen LogP contribution in [0.25, 0.3) is 11.1 Å². The molecule has 2 amide bonds. The number of alkyl carbamates (subject to hydrolysis) is 1. The second-order valence-electron chi connectivity index (χ2n) is 8.06. The van der Waals surface area contributed by atoms with Crippen LogP contribution in [0, 0.1) is 0 Å². The highest BCUT2D eigenvalue weighted by Crippen LogP contribution is 2.44. The molecule has 0 saturated heterocycles. The highest BCUT2D eigenvalue weighted by molar-refractivity contribution is 5.81. The Bertz CT molecular complexity index is 972. The van der Waals surface area contributed by atoms with Crippen molar-refractivity contribution in [2.75, 3.05) is 13.2 Å². The van der Waals surface area contributed by atoms with Crippen LogP contribution in [0.3, 0.4) is 0 Å². The molecule has 3 rings (SSSR count). The number of aliphatic carboxylic acids is 1. The van der Waals surface area contributed by atoms with Crippen LogP contribution in [0.4, 0.5) is 4.79 Å². The Kier molecular flexibility index (Phi) is 8.63. The van der Waals surface area contributed by atoms with Gasteiger partial charge in [0.1, 0.15) is 6.61 Å². The molecule has 0 heterocycles. The van der Waals surface area contributed by atoms with Crippen molar-refractivity contribution < 1.29 is 24.2 Å². The summed E-state index contributed by atoms with van der Waals surface area (Å²) >= 11 is 0. The van der Waals surface area contributed by atoms with Crippen LogP contribution in [-0.4, -0.2) is 42.3 Å². The Labute approximate surface area is 193 Å². The first-order chi connectivity index (χ1) is 16.0. The highest BCUT2D eigenvalue weighted by Gasteiger charge is 2.29. The van der Waals surface area contributed by atoms with Gasteiger partial charge in [0, 0.05) is 31.0 Å². The van der Waals surface area contributed by atoms with Gasteiger partial charge in [-0.2, -0.15) is 0 Å². The van der Waals surface area contributed by atoms with Gasteiger partial charge in [0.15, 0.2) is 0 Å². The average Bonchev–Trinajstić information content (AvgIpc) is 3.12. The number of hydrogen-bond acceptors (Lipinski definition) is 4. The van der Waals surface area contributed by atoms with Crippen molar-refractivity contribution >= 4 is 18.0 Å². The lowest BCUT2D eigenvalue weighted by Gasteiger charge is -2.19. The first-order valence-electron chi connectivity index (χ1n) is 11.3. The number of hydrogen-bond donors (Lipinski definition) is 3. The van der Waals surface area contributed by atoms with Gasteiger partial charge in [-0.1, -0.05) is 74.4 Å². The number of benzene rings is 2. The fourth-order valence-corrected chi connectivity index (χ4v) is 4.11. The molecule has 0 bridgehead atoms. The first kappa shape index (κ1) is 24.0. The lowest BCUT2D eigenvalue weighted by atomic mass is 9.98. The molecule has 0 spiro atoms. The average molecular weight is 451 g/mol. The van der Waals surface area contributed by atoms with Gasteiger partial charge in [0.05, 0.1) is 0 Å². The van der Waals surface area contributed by atoms with E-state index in [1.165, 1.54) is 6.08 Å². The zero-order valence-electron chi connectivity index (χ0n) is 18.8. The highest BCUT2D eigenvalue weighted by atomic mass is 16.5. The zero-order valence-corrected chi connectivity index (χ0v) is 18.8. The third-order valence-electron chi connectivity index (χ3n) is 5.68. The van der Waals surface area contributed by atoms with Gasteiger partial charge in [0.25, 0.3) is 0 Å². The number of rotatable bonds is 11. The Morgan fingerprint density at radius 1 is 1.06 bits per heavy atom. The van der Waals surface area contributed by atoms with E-state index >= 15 is 0 Å². The third-order valence-corrected chi connectivity index (χ3v) is 5.68. The van der Waals surface area contributed by atoms with Crippen LogP contribution in [0.1, 0.15) is 49.7 Å². The molecule has 0 unspecified atom stereocenters. The van der Waals surface area contributed by atoms with Crippen LogP contribution in [0.2, 0.25) is 0 Å². The number of unbranched alkanes of at least 4 members (excludes halogenated alkanes) is 1. The quantitative estimate of drug-likeness (QED) is 0.445. The monoisotopic (exact) mass is 450 g/mol. The second kappa shape index (κ2) is 11.9. The predicted octanol–water partition coefficient (Wildman–Crippen LogP) is 4.23. The molecule has 0 saturated carbocycles. The van der Waals surface area contributed by atoms with E-state index in [0.717, 1.165) is 41.2 Å². The fraction of sp³-hybridized carbons (Fsp3) is 0.346. The maximum absolute atomic E-state index is 12.6. The largest absolute Gasteiger partial charge is 0.478 e. The van der Waals surface area contributed by atoms with Gasteiger partial charge in [-0.25, -0.2) is 9.59 Å². The number of fused-ring (bicyclic) bond motifs is 3. The van der Waals surface area contributed by atoms with Gasteiger partial charge in [-0.15, -0.1) is 0 Å². The summed E-state index contributed by atoms with van der Waals surface area (Å²) < 4.78 is 5.60. The minimum absolute atomic E-state index is 0.0263. The van der Waals surface area contributed by atoms with Gasteiger partial charge in [0.2, 0.25) is 5.91 Å². The molecule has 7 nitrogen and oxygen atoms in total. The second-order valence-corrected chi connectivity index (χ2v) is 8.06. The molecule has 33 heavy (non-hydrogen) atoms. The summed E-state index contributed by atoms with van der Waals surface area (Å²) in [7, 11) is 0. The molecule has 7 heteroatoms. The van der Waals surface area contributed by atoms with Crippen LogP contribution in [0.15, 0.2) is 60.7 Å². The number of ether oxygens (including phenoxy) is 1. The van der Waals surface area contributed by atoms with Crippen LogP contribution < -0.4 is 10.6 Å². The Morgan fingerprint density at radius 3 is 2.30 bits per heavy atom. The van der Waals surface area contributed by atoms with E-state index in [0.29, 0.717) is 6.42 Å². The summed E-state index contributed by atoms with van der Waals surface area (Å²) in [6.07, 6.45) is 4.34. The van der Waals surface area contributed by atoms with Crippen molar-refractivity contribution in [3.8, 4) is 11.1 Å². The van der Waals surface area contributed by atoms with Crippen molar-refractivity contribution in [3.63, 3.8) is 0 Å². The van der Waals surface area contributed by atoms with Gasteiger partial charge < -0.3 is 20.5 Å². The molecule has 2 aromatic carbocycles. The smallest absolute Gasteiger partial charge is 0.407 e. The molecule has 3 N–H and O–H groups in total. The molecule has 2 aromatic rings. The predicted molar refractivity (Wildman–Crippen MR) is 126 cm³/mol. The van der Waals surface area contributed by atoms with Gasteiger partial charge >= 0.3 is 12.1 Å². The Hall–Kier alpha value is -3.61. The minimum Gasteiger partial charge on any atom is -0.478 e. The van der Waals surface area contributed by atoms with E-state index in [9.17, 15) is 14.4 Å². The Morgan fingerprint density at radius 2 is 1.70 bits per heavy atom. The summed E-state index contributed by atoms with van der Waals surface area (Å²) in [6, 6.07) is 15.9. The molecular weight excluding hydrogens is 420 g/mol. The maximum Gasteiger partial charge on any atom is 0.407 e. The molecule has 1 atom stereocenters. The van der Waals surface area contributed by atoms with Crippen LogP contribution in [-0.2, 0) is 14.3 Å². The maximum atomic E-state index is 12.6. The van der Waals surface area contributed by atoms with Gasteiger partial charge in [-0.3, -0.25) is 4.79 Å². The molecule has 0 aromatic heterocycles. The summed E-state index contributed by atoms with van der Waals surface area (Å²) in [5, 5.41) is 14.1. The van der Waals surface area contributed by atoms with Crippen molar-refractivity contribution in [3.05, 3.63) is 71.8 Å². The summed E-state index contributed by atoms with van der Waals surface area (Å²) in [6.45, 7) is 2.38. The first-order valence-corrected chi connectivity index (χ1v) is 11.3. The molecule has 0 fully saturated rings. The Balaban J connectivity index is 1.56. The SMILES string of the molecule is CCCC[C@@H](CC(=O)NC/C=C/C(=O)O)NC(=O)OCC1c2ccccc2-c2ccccc21. The lowest BCUT2D eigenvalue weighted by molar-refractivity contribution is -0.131. The molecule has 0 radical (unpaired) electrons. The number of carbonyl (C=O) groups excluding carboxylic acids is 2. The molecule has 1 aliphatic carbocycles. The fourth-order valence-electron chi connectivity index (χ4n) is 4.11. The van der Waals surface area contributed by atoms with E-state index in [4.69, 9.17) is 9.84 Å². The van der Waals surface area contributed by atoms with Crippen LogP contribution >= 0.6 is 0 Å². The molecule has 174 valence electrons. The van der Waals surface area contributed by atoms with Crippen molar-refractivity contribution in [2.24, 2.45) is 0 Å². The summed E-state index contributed by atoms with van der Waals surface area (Å²) in [4.78, 5) is 35.3. The van der Waals surface area contributed by atoms with E-state index in [1.807, 2.05) is 31.2 Å². The van der Waals surface area contributed by atoms with E-state index < -0.39 is 12.1 Å². The summed E-state index contributed by atoms with van der Waals surface area (Å²) in [5.41, 5.74) is 4.61. The summed E-state index contributed by atoms with van der Waals surface area (Å²) in [5.74, 6) is -1.35. The number of carboxylic acids is 1. The number of nitrogens with one attached hydrogen (secondary N) is 2. The van der Waals surface area contributed by atoms with Crippen molar-refractivity contribution in [1.29, 1.82) is 0 Å². The van der Waals surface area contributed by atoms with Crippen LogP contribution in [0.5, 0.6) is 0 Å². The molecule has 0 aliphatic heterocycles. The van der Waals surface area contributed by atoms with E-state index in [2.05, 4.69) is 34.9 Å². The topological polar surface area (TPSA) is 105 Å². The van der Waals surface area contributed by atoms with Gasteiger partial charge in [-0.05, 0) is 28.7 Å². The molecular formula is C26H30N2O5. The minimum atomic E-state index is -1.07. The number of carboxylic acid groups (broad SMARTS) is 1. The normalized spacial score (nSPS) is 13.2.